The molecule has 1 saturated heterocycles. The number of benzene rings is 2. The van der Waals surface area contributed by atoms with Crippen LogP contribution in [0.15, 0.2) is 60.9 Å². The Labute approximate surface area is 208 Å². The maximum atomic E-state index is 13.4. The van der Waals surface area contributed by atoms with Crippen LogP contribution in [0, 0.1) is 5.82 Å². The second kappa shape index (κ2) is 10.7. The standard InChI is InChI=1S/C25H21F4N5O3/c26-18-6-2-3-15(14-18)22(35)33-21-20(30-9-10-31-21)23(36)32-19-7-11-34(12-8-19)24(37)16-4-1-5-17(13-16)25(27,28)29/h1-6,9-10,13-14,19H,7-8,11-12H2,(H,32,36)(H,31,33,35). The number of aromatic nitrogens is 2. The molecule has 2 aromatic carbocycles. The van der Waals surface area contributed by atoms with E-state index in [9.17, 15) is 31.9 Å². The lowest BCUT2D eigenvalue weighted by Crippen LogP contribution is -2.46. The number of nitrogens with one attached hydrogen (secondary N) is 2. The van der Waals surface area contributed by atoms with Crippen LogP contribution in [-0.2, 0) is 6.18 Å². The molecule has 2 heterocycles. The smallest absolute Gasteiger partial charge is 0.348 e. The van der Waals surface area contributed by atoms with Crippen molar-refractivity contribution in [3.63, 3.8) is 0 Å². The van der Waals surface area contributed by atoms with E-state index >= 15 is 0 Å². The number of nitrogens with zero attached hydrogens (tertiary/aromatic N) is 3. The zero-order valence-electron chi connectivity index (χ0n) is 19.3. The maximum Gasteiger partial charge on any atom is 0.416 e. The van der Waals surface area contributed by atoms with Crippen LogP contribution in [0.25, 0.3) is 0 Å². The van der Waals surface area contributed by atoms with E-state index in [0.717, 1.165) is 18.2 Å². The predicted molar refractivity (Wildman–Crippen MR) is 124 cm³/mol. The van der Waals surface area contributed by atoms with Crippen molar-refractivity contribution in [1.29, 1.82) is 0 Å². The summed E-state index contributed by atoms with van der Waals surface area (Å²) in [7, 11) is 0. The monoisotopic (exact) mass is 515 g/mol. The third-order valence-electron chi connectivity index (χ3n) is 5.79. The van der Waals surface area contributed by atoms with Crippen molar-refractivity contribution in [2.24, 2.45) is 0 Å². The Kier molecular flexibility index (Phi) is 7.46. The highest BCUT2D eigenvalue weighted by atomic mass is 19.4. The number of halogens is 4. The van der Waals surface area contributed by atoms with Gasteiger partial charge in [0.05, 0.1) is 5.56 Å². The van der Waals surface area contributed by atoms with Crippen LogP contribution in [0.1, 0.15) is 49.6 Å². The van der Waals surface area contributed by atoms with Crippen molar-refractivity contribution in [2.75, 3.05) is 18.4 Å². The molecule has 192 valence electrons. The Morgan fingerprint density at radius 1 is 0.892 bits per heavy atom. The molecule has 1 aromatic heterocycles. The van der Waals surface area contributed by atoms with Crippen molar-refractivity contribution < 1.29 is 31.9 Å². The van der Waals surface area contributed by atoms with Crippen molar-refractivity contribution in [1.82, 2.24) is 20.2 Å². The number of rotatable bonds is 5. The molecule has 1 aliphatic rings. The molecular weight excluding hydrogens is 494 g/mol. The summed E-state index contributed by atoms with van der Waals surface area (Å²) in [6.07, 6.45) is -1.26. The third-order valence-corrected chi connectivity index (χ3v) is 5.79. The van der Waals surface area contributed by atoms with Crippen LogP contribution in [-0.4, -0.2) is 51.7 Å². The van der Waals surface area contributed by atoms with E-state index in [1.807, 2.05) is 0 Å². The first-order valence-corrected chi connectivity index (χ1v) is 11.3. The van der Waals surface area contributed by atoms with Gasteiger partial charge in [-0.15, -0.1) is 0 Å². The fraction of sp³-hybridized carbons (Fsp3) is 0.240. The van der Waals surface area contributed by atoms with Gasteiger partial charge >= 0.3 is 6.18 Å². The number of alkyl halides is 3. The molecule has 1 aliphatic heterocycles. The van der Waals surface area contributed by atoms with Crippen molar-refractivity contribution in [3.8, 4) is 0 Å². The van der Waals surface area contributed by atoms with E-state index in [1.54, 1.807) is 0 Å². The Hall–Kier alpha value is -4.35. The largest absolute Gasteiger partial charge is 0.416 e. The average Bonchev–Trinajstić information content (AvgIpc) is 2.88. The van der Waals surface area contributed by atoms with Gasteiger partial charge in [-0.2, -0.15) is 13.2 Å². The highest BCUT2D eigenvalue weighted by Crippen LogP contribution is 2.30. The minimum absolute atomic E-state index is 0.0369. The normalized spacial score (nSPS) is 14.2. The molecule has 0 aliphatic carbocycles. The lowest BCUT2D eigenvalue weighted by Gasteiger charge is -2.32. The molecular formula is C25H21F4N5O3. The molecule has 1 fully saturated rings. The summed E-state index contributed by atoms with van der Waals surface area (Å²) in [5.41, 5.74) is -1.06. The van der Waals surface area contributed by atoms with Gasteiger partial charge in [-0.1, -0.05) is 12.1 Å². The molecule has 8 nitrogen and oxygen atoms in total. The summed E-state index contributed by atoms with van der Waals surface area (Å²) < 4.78 is 52.4. The lowest BCUT2D eigenvalue weighted by atomic mass is 10.0. The number of hydrogen-bond acceptors (Lipinski definition) is 5. The first-order chi connectivity index (χ1) is 17.6. The molecule has 0 spiro atoms. The molecule has 0 bridgehead atoms. The van der Waals surface area contributed by atoms with Crippen LogP contribution in [0.5, 0.6) is 0 Å². The minimum Gasteiger partial charge on any atom is -0.348 e. The van der Waals surface area contributed by atoms with E-state index in [2.05, 4.69) is 20.6 Å². The lowest BCUT2D eigenvalue weighted by molar-refractivity contribution is -0.137. The topological polar surface area (TPSA) is 104 Å². The van der Waals surface area contributed by atoms with Crippen molar-refractivity contribution in [2.45, 2.75) is 25.1 Å². The number of carbonyl (C=O) groups excluding carboxylic acids is 3. The molecule has 2 N–H and O–H groups in total. The van der Waals surface area contributed by atoms with Crippen molar-refractivity contribution in [3.05, 3.63) is 89.1 Å². The summed E-state index contributed by atoms with van der Waals surface area (Å²) >= 11 is 0. The SMILES string of the molecule is O=C(Nc1nccnc1C(=O)NC1CCN(C(=O)c2cccc(C(F)(F)F)c2)CC1)c1cccc(F)c1. The Morgan fingerprint density at radius 2 is 1.57 bits per heavy atom. The van der Waals surface area contributed by atoms with E-state index in [0.29, 0.717) is 12.8 Å². The number of likely N-dealkylation sites (tertiary alicyclic amines) is 1. The average molecular weight is 515 g/mol. The molecule has 0 unspecified atom stereocenters. The van der Waals surface area contributed by atoms with Gasteiger partial charge in [-0.25, -0.2) is 14.4 Å². The van der Waals surface area contributed by atoms with Crippen molar-refractivity contribution >= 4 is 23.5 Å². The van der Waals surface area contributed by atoms with E-state index in [1.165, 1.54) is 47.6 Å². The first kappa shape index (κ1) is 25.7. The van der Waals surface area contributed by atoms with Gasteiger partial charge in [-0.3, -0.25) is 14.4 Å². The number of piperidine rings is 1. The van der Waals surface area contributed by atoms with Gasteiger partial charge in [0.2, 0.25) is 0 Å². The fourth-order valence-corrected chi connectivity index (χ4v) is 3.90. The zero-order chi connectivity index (χ0) is 26.6. The number of amides is 3. The highest BCUT2D eigenvalue weighted by molar-refractivity contribution is 6.07. The molecule has 0 saturated carbocycles. The van der Waals surface area contributed by atoms with E-state index in [-0.39, 0.29) is 41.8 Å². The number of carbonyl (C=O) groups is 3. The van der Waals surface area contributed by atoms with Gasteiger partial charge in [-0.05, 0) is 49.2 Å². The zero-order valence-corrected chi connectivity index (χ0v) is 19.3. The van der Waals surface area contributed by atoms with Gasteiger partial charge in [0.1, 0.15) is 5.82 Å². The van der Waals surface area contributed by atoms with E-state index in [4.69, 9.17) is 0 Å². The molecule has 37 heavy (non-hydrogen) atoms. The van der Waals surface area contributed by atoms with Crippen LogP contribution in [0.4, 0.5) is 23.4 Å². The van der Waals surface area contributed by atoms with Gasteiger partial charge in [0, 0.05) is 42.7 Å². The molecule has 12 heteroatoms. The summed E-state index contributed by atoms with van der Waals surface area (Å²) in [5, 5.41) is 5.24. The van der Waals surface area contributed by atoms with Crippen LogP contribution in [0.2, 0.25) is 0 Å². The van der Waals surface area contributed by atoms with Gasteiger partial charge < -0.3 is 15.5 Å². The summed E-state index contributed by atoms with van der Waals surface area (Å²) in [6.45, 7) is 0.452. The second-order valence-electron chi connectivity index (χ2n) is 8.34. The summed E-state index contributed by atoms with van der Waals surface area (Å²) in [5.74, 6) is -2.50. The maximum absolute atomic E-state index is 13.4. The summed E-state index contributed by atoms with van der Waals surface area (Å²) in [6, 6.07) is 8.92. The number of anilines is 1. The quantitative estimate of drug-likeness (QED) is 0.502. The van der Waals surface area contributed by atoms with Crippen LogP contribution < -0.4 is 10.6 Å². The fourth-order valence-electron chi connectivity index (χ4n) is 3.90. The van der Waals surface area contributed by atoms with Gasteiger partial charge in [0.25, 0.3) is 17.7 Å². The molecule has 4 rings (SSSR count). The first-order valence-electron chi connectivity index (χ1n) is 11.3. The molecule has 3 amide bonds. The van der Waals surface area contributed by atoms with E-state index < -0.39 is 35.3 Å². The molecule has 0 atom stereocenters. The Bertz CT molecular complexity index is 1320. The Balaban J connectivity index is 1.36. The van der Waals surface area contributed by atoms with Crippen LogP contribution >= 0.6 is 0 Å². The minimum atomic E-state index is -4.55. The second-order valence-corrected chi connectivity index (χ2v) is 8.34. The Morgan fingerprint density at radius 3 is 2.27 bits per heavy atom. The molecule has 0 radical (unpaired) electrons. The third kappa shape index (κ3) is 6.26. The predicted octanol–water partition coefficient (Wildman–Crippen LogP) is 3.92. The van der Waals surface area contributed by atoms with Gasteiger partial charge in [0.15, 0.2) is 11.5 Å². The highest BCUT2D eigenvalue weighted by Gasteiger charge is 2.32. The molecule has 3 aromatic rings. The number of hydrogen-bond donors (Lipinski definition) is 2. The van der Waals surface area contributed by atoms with Crippen LogP contribution in [0.3, 0.4) is 0 Å². The summed E-state index contributed by atoms with van der Waals surface area (Å²) in [4.78, 5) is 47.4.